The van der Waals surface area contributed by atoms with E-state index in [1.807, 2.05) is 0 Å². The molecule has 3 aliphatic rings. The summed E-state index contributed by atoms with van der Waals surface area (Å²) in [6, 6.07) is 16.4. The number of ether oxygens (including phenoxy) is 2. The number of rotatable bonds is 5. The zero-order valence-electron chi connectivity index (χ0n) is 21.7. The first-order chi connectivity index (χ1) is 17.6. The molecule has 4 heterocycles. The molecule has 2 fully saturated rings. The maximum absolute atomic E-state index is 6.17. The largest absolute Gasteiger partial charge is 0.483 e. The molecule has 190 valence electrons. The second kappa shape index (κ2) is 9.88. The third kappa shape index (κ3) is 4.51. The van der Waals surface area contributed by atoms with Crippen LogP contribution in [0.1, 0.15) is 38.3 Å². The molecule has 1 aromatic heterocycles. The highest BCUT2D eigenvalue weighted by molar-refractivity contribution is 5.70. The molecule has 0 N–H and O–H groups in total. The van der Waals surface area contributed by atoms with E-state index in [0.717, 1.165) is 75.4 Å². The van der Waals surface area contributed by atoms with E-state index in [1.54, 1.807) is 0 Å². The Kier molecular flexibility index (Phi) is 6.46. The van der Waals surface area contributed by atoms with Gasteiger partial charge >= 0.3 is 0 Å². The van der Waals surface area contributed by atoms with E-state index < -0.39 is 0 Å². The van der Waals surface area contributed by atoms with Crippen LogP contribution >= 0.6 is 0 Å². The van der Waals surface area contributed by atoms with E-state index in [4.69, 9.17) is 14.5 Å². The molecule has 3 aromatic rings. The summed E-state index contributed by atoms with van der Waals surface area (Å²) >= 11 is 0. The Labute approximate surface area is 214 Å². The van der Waals surface area contributed by atoms with Crippen molar-refractivity contribution in [1.82, 2.24) is 19.4 Å². The van der Waals surface area contributed by atoms with Gasteiger partial charge in [-0.25, -0.2) is 4.98 Å². The lowest BCUT2D eigenvalue weighted by Crippen LogP contribution is -2.48. The predicted octanol–water partition coefficient (Wildman–Crippen LogP) is 4.36. The van der Waals surface area contributed by atoms with Crippen LogP contribution in [0.25, 0.3) is 16.8 Å². The fourth-order valence-electron chi connectivity index (χ4n) is 5.61. The average Bonchev–Trinajstić information content (AvgIpc) is 3.38. The lowest BCUT2D eigenvalue weighted by molar-refractivity contribution is 0.0191. The number of benzene rings is 2. The van der Waals surface area contributed by atoms with Crippen molar-refractivity contribution in [2.75, 3.05) is 57.4 Å². The van der Waals surface area contributed by atoms with Crippen molar-refractivity contribution >= 4 is 5.69 Å². The number of morpholine rings is 1. The Morgan fingerprint density at radius 2 is 1.53 bits per heavy atom. The highest BCUT2D eigenvalue weighted by Crippen LogP contribution is 2.35. The summed E-state index contributed by atoms with van der Waals surface area (Å²) in [7, 11) is 0. The summed E-state index contributed by atoms with van der Waals surface area (Å²) in [6.45, 7) is 15.2. The molecule has 36 heavy (non-hydrogen) atoms. The summed E-state index contributed by atoms with van der Waals surface area (Å²) in [4.78, 5) is 12.4. The quantitative estimate of drug-likeness (QED) is 0.533. The van der Waals surface area contributed by atoms with Gasteiger partial charge in [0.25, 0.3) is 0 Å². The van der Waals surface area contributed by atoms with Gasteiger partial charge in [-0.15, -0.1) is 0 Å². The van der Waals surface area contributed by atoms with Crippen LogP contribution in [-0.2, 0) is 11.3 Å². The van der Waals surface area contributed by atoms with Crippen molar-refractivity contribution < 1.29 is 9.47 Å². The van der Waals surface area contributed by atoms with Crippen LogP contribution in [0, 0.1) is 0 Å². The van der Waals surface area contributed by atoms with Gasteiger partial charge in [-0.1, -0.05) is 18.2 Å². The van der Waals surface area contributed by atoms with E-state index in [2.05, 4.69) is 88.7 Å². The standard InChI is InChI=1S/C29H37N5O2/c1-21(2)31-10-12-33(13-11-31)25-7-4-23(5-8-25)24-6-9-27-28(18-24)36-20-29-30-26(19-34(27)29)22(3)32-14-16-35-17-15-32/h4-9,18-19,21-22H,10-17,20H2,1-3H3. The molecule has 1 atom stereocenters. The van der Waals surface area contributed by atoms with E-state index in [-0.39, 0.29) is 6.04 Å². The van der Waals surface area contributed by atoms with Crippen LogP contribution in [0.15, 0.2) is 48.7 Å². The van der Waals surface area contributed by atoms with Crippen molar-refractivity contribution in [2.45, 2.75) is 39.5 Å². The van der Waals surface area contributed by atoms with Gasteiger partial charge in [0.2, 0.25) is 0 Å². The van der Waals surface area contributed by atoms with Crippen molar-refractivity contribution in [1.29, 1.82) is 0 Å². The molecule has 0 saturated carbocycles. The molecular formula is C29H37N5O2. The molecule has 3 aliphatic heterocycles. The topological polar surface area (TPSA) is 46.0 Å². The molecule has 7 heteroatoms. The first-order valence-electron chi connectivity index (χ1n) is 13.3. The predicted molar refractivity (Wildman–Crippen MR) is 143 cm³/mol. The van der Waals surface area contributed by atoms with E-state index in [1.165, 1.54) is 16.8 Å². The number of piperazine rings is 1. The number of hydrogen-bond donors (Lipinski definition) is 0. The second-order valence-corrected chi connectivity index (χ2v) is 10.4. The number of nitrogens with zero attached hydrogens (tertiary/aromatic N) is 5. The van der Waals surface area contributed by atoms with Crippen LogP contribution in [-0.4, -0.2) is 77.9 Å². The number of imidazole rings is 1. The zero-order chi connectivity index (χ0) is 24.6. The number of anilines is 1. The molecular weight excluding hydrogens is 450 g/mol. The molecule has 1 unspecified atom stereocenters. The lowest BCUT2D eigenvalue weighted by atomic mass is 10.0. The SMILES string of the molecule is CC(C)N1CCN(c2ccc(-c3ccc4c(c3)OCc3nc(C(C)N5CCOCC5)cn3-4)cc2)CC1. The van der Waals surface area contributed by atoms with Crippen molar-refractivity contribution in [3.8, 4) is 22.6 Å². The minimum absolute atomic E-state index is 0.265. The molecule has 6 rings (SSSR count). The van der Waals surface area contributed by atoms with Gasteiger partial charge < -0.3 is 14.4 Å². The molecule has 7 nitrogen and oxygen atoms in total. The van der Waals surface area contributed by atoms with E-state index in [9.17, 15) is 0 Å². The molecule has 0 bridgehead atoms. The van der Waals surface area contributed by atoms with Crippen LogP contribution in [0.5, 0.6) is 5.75 Å². The number of hydrogen-bond acceptors (Lipinski definition) is 6. The number of aromatic nitrogens is 2. The monoisotopic (exact) mass is 487 g/mol. The summed E-state index contributed by atoms with van der Waals surface area (Å²) in [6.07, 6.45) is 2.18. The van der Waals surface area contributed by atoms with Gasteiger partial charge in [0, 0.05) is 57.2 Å². The van der Waals surface area contributed by atoms with Gasteiger partial charge in [0.1, 0.15) is 12.4 Å². The Bertz CT molecular complexity index is 1190. The highest BCUT2D eigenvalue weighted by Gasteiger charge is 2.25. The molecule has 2 saturated heterocycles. The minimum atomic E-state index is 0.265. The van der Waals surface area contributed by atoms with Gasteiger partial charge in [0.15, 0.2) is 5.82 Å². The Morgan fingerprint density at radius 1 is 0.806 bits per heavy atom. The highest BCUT2D eigenvalue weighted by atomic mass is 16.5. The van der Waals surface area contributed by atoms with E-state index >= 15 is 0 Å². The normalized spacial score (nSPS) is 19.6. The average molecular weight is 488 g/mol. The van der Waals surface area contributed by atoms with Gasteiger partial charge in [-0.2, -0.15) is 0 Å². The maximum Gasteiger partial charge on any atom is 0.151 e. The van der Waals surface area contributed by atoms with Crippen LogP contribution < -0.4 is 9.64 Å². The van der Waals surface area contributed by atoms with E-state index in [0.29, 0.717) is 12.6 Å². The summed E-state index contributed by atoms with van der Waals surface area (Å²) in [5.41, 5.74) is 5.85. The van der Waals surface area contributed by atoms with Crippen LogP contribution in [0.3, 0.4) is 0 Å². The Morgan fingerprint density at radius 3 is 2.25 bits per heavy atom. The smallest absolute Gasteiger partial charge is 0.151 e. The fourth-order valence-corrected chi connectivity index (χ4v) is 5.61. The lowest BCUT2D eigenvalue weighted by Gasteiger charge is -2.38. The summed E-state index contributed by atoms with van der Waals surface area (Å²) in [5, 5.41) is 0. The fraction of sp³-hybridized carbons (Fsp3) is 0.483. The maximum atomic E-state index is 6.17. The Balaban J connectivity index is 1.18. The molecule has 0 radical (unpaired) electrons. The molecule has 0 aliphatic carbocycles. The second-order valence-electron chi connectivity index (χ2n) is 10.4. The third-order valence-corrected chi connectivity index (χ3v) is 8.01. The number of fused-ring (bicyclic) bond motifs is 3. The van der Waals surface area contributed by atoms with Crippen molar-refractivity contribution in [3.05, 3.63) is 60.2 Å². The molecule has 0 spiro atoms. The molecule has 2 aromatic carbocycles. The summed E-state index contributed by atoms with van der Waals surface area (Å²) in [5.74, 6) is 1.88. The molecule has 0 amide bonds. The first-order valence-corrected chi connectivity index (χ1v) is 13.3. The van der Waals surface area contributed by atoms with Crippen LogP contribution in [0.2, 0.25) is 0 Å². The van der Waals surface area contributed by atoms with Gasteiger partial charge in [-0.05, 0) is 56.2 Å². The van der Waals surface area contributed by atoms with Crippen molar-refractivity contribution in [2.24, 2.45) is 0 Å². The third-order valence-electron chi connectivity index (χ3n) is 8.01. The minimum Gasteiger partial charge on any atom is -0.483 e. The van der Waals surface area contributed by atoms with Crippen molar-refractivity contribution in [3.63, 3.8) is 0 Å². The van der Waals surface area contributed by atoms with Gasteiger partial charge in [0.05, 0.1) is 30.6 Å². The first kappa shape index (κ1) is 23.5. The zero-order valence-corrected chi connectivity index (χ0v) is 21.7. The Hall–Kier alpha value is -2.87. The van der Waals surface area contributed by atoms with Crippen LogP contribution in [0.4, 0.5) is 5.69 Å². The summed E-state index contributed by atoms with van der Waals surface area (Å²) < 4.78 is 13.9. The van der Waals surface area contributed by atoms with Gasteiger partial charge in [-0.3, -0.25) is 14.4 Å².